The van der Waals surface area contributed by atoms with Crippen molar-refractivity contribution in [2.24, 2.45) is 0 Å². The Morgan fingerprint density at radius 1 is 0.969 bits per heavy atom. The van der Waals surface area contributed by atoms with Gasteiger partial charge in [-0.25, -0.2) is 9.78 Å². The summed E-state index contributed by atoms with van der Waals surface area (Å²) < 4.78 is 5.47. The number of aliphatic carboxylic acids is 1. The summed E-state index contributed by atoms with van der Waals surface area (Å²) in [6.07, 6.45) is -0.698. The second-order valence-corrected chi connectivity index (χ2v) is 7.39. The standard InChI is InChI=1S/C24H21N3O5/c1-14(23(29)30)25-22(28)20-11-6-12-21(26-20)27-24(31)32-13-19-17-9-4-2-7-15(17)16-8-3-5-10-18(16)19/h2-12,14,19H,13H2,1H3,(H,25,28)(H,29,30)(H,26,27,31)/t14-/m0/s1. The molecule has 4 rings (SSSR count). The van der Waals surface area contributed by atoms with Crippen LogP contribution in [-0.2, 0) is 9.53 Å². The molecule has 8 heteroatoms. The zero-order chi connectivity index (χ0) is 22.7. The minimum atomic E-state index is -1.16. The van der Waals surface area contributed by atoms with Gasteiger partial charge in [0.1, 0.15) is 24.2 Å². The molecule has 0 unspecified atom stereocenters. The zero-order valence-electron chi connectivity index (χ0n) is 17.2. The van der Waals surface area contributed by atoms with Crippen LogP contribution in [0.4, 0.5) is 10.6 Å². The highest BCUT2D eigenvalue weighted by atomic mass is 16.5. The number of nitrogens with zero attached hydrogens (tertiary/aromatic N) is 1. The summed E-state index contributed by atoms with van der Waals surface area (Å²) in [5.74, 6) is -1.77. The van der Waals surface area contributed by atoms with Crippen molar-refractivity contribution < 1.29 is 24.2 Å². The van der Waals surface area contributed by atoms with Gasteiger partial charge in [-0.2, -0.15) is 0 Å². The van der Waals surface area contributed by atoms with Crippen LogP contribution in [0.1, 0.15) is 34.5 Å². The van der Waals surface area contributed by atoms with Crippen LogP contribution < -0.4 is 10.6 Å². The van der Waals surface area contributed by atoms with Crippen molar-refractivity contribution in [2.75, 3.05) is 11.9 Å². The fourth-order valence-corrected chi connectivity index (χ4v) is 3.70. The van der Waals surface area contributed by atoms with E-state index in [4.69, 9.17) is 9.84 Å². The highest BCUT2D eigenvalue weighted by Gasteiger charge is 2.29. The van der Waals surface area contributed by atoms with E-state index in [0.717, 1.165) is 22.3 Å². The molecule has 0 radical (unpaired) electrons. The van der Waals surface area contributed by atoms with Crippen molar-refractivity contribution in [3.8, 4) is 11.1 Å². The number of benzene rings is 2. The van der Waals surface area contributed by atoms with Crippen LogP contribution in [0.15, 0.2) is 66.7 Å². The number of hydrogen-bond acceptors (Lipinski definition) is 5. The molecule has 2 aromatic carbocycles. The average Bonchev–Trinajstić information content (AvgIpc) is 3.11. The quantitative estimate of drug-likeness (QED) is 0.548. The van der Waals surface area contributed by atoms with E-state index >= 15 is 0 Å². The van der Waals surface area contributed by atoms with E-state index in [1.807, 2.05) is 36.4 Å². The average molecular weight is 431 g/mol. The molecule has 1 aliphatic rings. The summed E-state index contributed by atoms with van der Waals surface area (Å²) in [6.45, 7) is 1.50. The van der Waals surface area contributed by atoms with Gasteiger partial charge in [-0.1, -0.05) is 54.6 Å². The van der Waals surface area contributed by atoms with Crippen LogP contribution in [0.2, 0.25) is 0 Å². The fourth-order valence-electron chi connectivity index (χ4n) is 3.70. The van der Waals surface area contributed by atoms with Gasteiger partial charge in [0.25, 0.3) is 5.91 Å². The molecule has 1 aromatic heterocycles. The SMILES string of the molecule is C[C@H](NC(=O)c1cccc(NC(=O)OCC2c3ccccc3-c3ccccc32)n1)C(=O)O. The third kappa shape index (κ3) is 4.29. The molecular weight excluding hydrogens is 410 g/mol. The molecule has 8 nitrogen and oxygen atoms in total. The van der Waals surface area contributed by atoms with E-state index in [0.29, 0.717) is 0 Å². The molecule has 0 saturated carbocycles. The highest BCUT2D eigenvalue weighted by molar-refractivity contribution is 5.95. The van der Waals surface area contributed by atoms with Gasteiger partial charge in [-0.3, -0.25) is 14.9 Å². The first-order chi connectivity index (χ1) is 15.4. The van der Waals surface area contributed by atoms with Gasteiger partial charge in [-0.15, -0.1) is 0 Å². The van der Waals surface area contributed by atoms with Gasteiger partial charge in [0.05, 0.1) is 0 Å². The van der Waals surface area contributed by atoms with E-state index in [1.54, 1.807) is 0 Å². The van der Waals surface area contributed by atoms with Gasteiger partial charge >= 0.3 is 12.1 Å². The number of ether oxygens (including phenoxy) is 1. The van der Waals surface area contributed by atoms with Crippen LogP contribution in [0.3, 0.4) is 0 Å². The maximum absolute atomic E-state index is 12.4. The van der Waals surface area contributed by atoms with Crippen molar-refractivity contribution in [1.29, 1.82) is 0 Å². The lowest BCUT2D eigenvalue weighted by atomic mass is 9.98. The topological polar surface area (TPSA) is 118 Å². The van der Waals surface area contributed by atoms with Crippen LogP contribution in [-0.4, -0.2) is 40.7 Å². The Morgan fingerprint density at radius 2 is 1.59 bits per heavy atom. The van der Waals surface area contributed by atoms with Gasteiger partial charge in [0.15, 0.2) is 0 Å². The Kier molecular flexibility index (Phi) is 5.85. The first kappa shape index (κ1) is 21.0. The van der Waals surface area contributed by atoms with E-state index < -0.39 is 24.0 Å². The molecule has 2 amide bonds. The number of carboxylic acid groups (broad SMARTS) is 1. The number of aromatic nitrogens is 1. The summed E-state index contributed by atoms with van der Waals surface area (Å²) in [5, 5.41) is 13.7. The first-order valence-electron chi connectivity index (χ1n) is 10.1. The monoisotopic (exact) mass is 431 g/mol. The fraction of sp³-hybridized carbons (Fsp3) is 0.167. The third-order valence-corrected chi connectivity index (χ3v) is 5.27. The molecule has 0 fully saturated rings. The first-order valence-corrected chi connectivity index (χ1v) is 10.1. The summed E-state index contributed by atoms with van der Waals surface area (Å²) in [4.78, 5) is 39.5. The second-order valence-electron chi connectivity index (χ2n) is 7.39. The Hall–Kier alpha value is -4.20. The molecule has 1 atom stereocenters. The minimum absolute atomic E-state index is 0.0189. The number of rotatable bonds is 6. The van der Waals surface area contributed by atoms with Crippen LogP contribution in [0, 0.1) is 0 Å². The number of carboxylic acids is 1. The molecule has 3 aromatic rings. The van der Waals surface area contributed by atoms with Crippen molar-refractivity contribution in [3.63, 3.8) is 0 Å². The third-order valence-electron chi connectivity index (χ3n) is 5.27. The largest absolute Gasteiger partial charge is 0.480 e. The molecule has 32 heavy (non-hydrogen) atoms. The van der Waals surface area contributed by atoms with E-state index in [2.05, 4.69) is 27.8 Å². The number of carbonyl (C=O) groups is 3. The van der Waals surface area contributed by atoms with E-state index in [9.17, 15) is 14.4 Å². The molecule has 0 saturated heterocycles. The normalized spacial score (nSPS) is 12.9. The second kappa shape index (κ2) is 8.89. The zero-order valence-corrected chi connectivity index (χ0v) is 17.2. The molecule has 0 bridgehead atoms. The Morgan fingerprint density at radius 3 is 2.22 bits per heavy atom. The number of hydrogen-bond donors (Lipinski definition) is 3. The maximum Gasteiger partial charge on any atom is 0.412 e. The van der Waals surface area contributed by atoms with Crippen molar-refractivity contribution in [2.45, 2.75) is 18.9 Å². The van der Waals surface area contributed by atoms with E-state index in [-0.39, 0.29) is 24.0 Å². The number of amides is 2. The van der Waals surface area contributed by atoms with Crippen LogP contribution in [0.25, 0.3) is 11.1 Å². The smallest absolute Gasteiger partial charge is 0.412 e. The van der Waals surface area contributed by atoms with Crippen LogP contribution in [0.5, 0.6) is 0 Å². The summed E-state index contributed by atoms with van der Waals surface area (Å²) >= 11 is 0. The number of carbonyl (C=O) groups excluding carboxylic acids is 2. The molecule has 1 aliphatic carbocycles. The maximum atomic E-state index is 12.4. The molecule has 3 N–H and O–H groups in total. The Labute approximate surface area is 184 Å². The summed E-state index contributed by atoms with van der Waals surface area (Å²) in [7, 11) is 0. The van der Waals surface area contributed by atoms with E-state index in [1.165, 1.54) is 25.1 Å². The highest BCUT2D eigenvalue weighted by Crippen LogP contribution is 2.44. The Balaban J connectivity index is 1.41. The van der Waals surface area contributed by atoms with Gasteiger partial charge < -0.3 is 15.2 Å². The lowest BCUT2D eigenvalue weighted by Crippen LogP contribution is -2.38. The van der Waals surface area contributed by atoms with Crippen molar-refractivity contribution in [3.05, 3.63) is 83.6 Å². The summed E-state index contributed by atoms with van der Waals surface area (Å²) in [5.41, 5.74) is 4.45. The van der Waals surface area contributed by atoms with Crippen molar-refractivity contribution in [1.82, 2.24) is 10.3 Å². The molecule has 1 heterocycles. The molecule has 162 valence electrons. The predicted octanol–water partition coefficient (Wildman–Crippen LogP) is 3.65. The Bertz CT molecular complexity index is 1150. The molecule has 0 spiro atoms. The van der Waals surface area contributed by atoms with Gasteiger partial charge in [0.2, 0.25) is 0 Å². The van der Waals surface area contributed by atoms with Crippen molar-refractivity contribution >= 4 is 23.8 Å². The minimum Gasteiger partial charge on any atom is -0.480 e. The van der Waals surface area contributed by atoms with Gasteiger partial charge in [0, 0.05) is 5.92 Å². The lowest BCUT2D eigenvalue weighted by Gasteiger charge is -2.14. The number of nitrogens with one attached hydrogen (secondary N) is 2. The van der Waals surface area contributed by atoms with Crippen LogP contribution >= 0.6 is 0 Å². The van der Waals surface area contributed by atoms with Gasteiger partial charge in [-0.05, 0) is 41.3 Å². The summed E-state index contributed by atoms with van der Waals surface area (Å²) in [6, 6.07) is 19.5. The number of fused-ring (bicyclic) bond motifs is 3. The molecular formula is C24H21N3O5. The number of pyridine rings is 1. The lowest BCUT2D eigenvalue weighted by molar-refractivity contribution is -0.138. The molecule has 0 aliphatic heterocycles. The number of anilines is 1. The predicted molar refractivity (Wildman–Crippen MR) is 117 cm³/mol.